The van der Waals surface area contributed by atoms with Gasteiger partial charge in [-0.3, -0.25) is 15.3 Å². The number of nitrogens with zero attached hydrogens (tertiary/aromatic N) is 5. The van der Waals surface area contributed by atoms with Crippen molar-refractivity contribution in [3.63, 3.8) is 0 Å². The van der Waals surface area contributed by atoms with Gasteiger partial charge >= 0.3 is 0 Å². The second-order valence-electron chi connectivity index (χ2n) is 17.1. The molecule has 3 N–H and O–H groups in total. The number of nitrogens with one attached hydrogen (secondary N) is 1. The van der Waals surface area contributed by atoms with Crippen molar-refractivity contribution in [2.75, 3.05) is 39.3 Å². The van der Waals surface area contributed by atoms with E-state index in [0.29, 0.717) is 36.0 Å². The third-order valence-corrected chi connectivity index (χ3v) is 12.9. The van der Waals surface area contributed by atoms with Gasteiger partial charge in [0.05, 0.1) is 6.54 Å². The van der Waals surface area contributed by atoms with Gasteiger partial charge in [-0.1, -0.05) is 109 Å². The van der Waals surface area contributed by atoms with E-state index in [2.05, 4.69) is 76.6 Å². The molecule has 7 nitrogen and oxygen atoms in total. The fraction of sp³-hybridized carbons (Fsp3) is 0.805. The van der Waals surface area contributed by atoms with Gasteiger partial charge in [0.15, 0.2) is 11.9 Å². The predicted molar refractivity (Wildman–Crippen MR) is 202 cm³/mol. The second kappa shape index (κ2) is 16.6. The summed E-state index contributed by atoms with van der Waals surface area (Å²) in [5, 5.41) is 9.88. The SMILES string of the molecule is CC(C)Cc1ccc(C(C)CN2C(=N)N([C@@H](CC3CCCCC3)CN3CCCC3CN3C(N)=NC[C@@H]3C)C[C@H]2CC2CCCCC2)cc1. The molecule has 2 aliphatic carbocycles. The molecule has 3 heterocycles. The number of rotatable bonds is 14. The summed E-state index contributed by atoms with van der Waals surface area (Å²) in [6, 6.07) is 11.2. The van der Waals surface area contributed by atoms with Gasteiger partial charge in [-0.2, -0.15) is 0 Å². The van der Waals surface area contributed by atoms with Crippen LogP contribution in [0.25, 0.3) is 0 Å². The molecule has 48 heavy (non-hydrogen) atoms. The van der Waals surface area contributed by atoms with Crippen LogP contribution in [0.15, 0.2) is 29.3 Å². The van der Waals surface area contributed by atoms with Gasteiger partial charge in [0.25, 0.3) is 0 Å². The lowest BCUT2D eigenvalue weighted by Crippen LogP contribution is -2.52. The highest BCUT2D eigenvalue weighted by molar-refractivity contribution is 5.80. The Balaban J connectivity index is 1.20. The molecular weight excluding hydrogens is 591 g/mol. The number of hydrogen-bond acceptors (Lipinski definition) is 5. The van der Waals surface area contributed by atoms with Gasteiger partial charge in [-0.05, 0) is 80.4 Å². The molecule has 5 atom stereocenters. The van der Waals surface area contributed by atoms with E-state index in [1.807, 2.05) is 0 Å². The van der Waals surface area contributed by atoms with Gasteiger partial charge in [0.1, 0.15) is 0 Å². The van der Waals surface area contributed by atoms with Crippen molar-refractivity contribution in [1.82, 2.24) is 19.6 Å². The molecule has 4 fully saturated rings. The summed E-state index contributed by atoms with van der Waals surface area (Å²) in [5.41, 5.74) is 9.23. The van der Waals surface area contributed by atoms with Gasteiger partial charge in [-0.25, -0.2) is 0 Å². The molecule has 0 radical (unpaired) electrons. The van der Waals surface area contributed by atoms with Gasteiger partial charge in [0.2, 0.25) is 0 Å². The number of guanidine groups is 2. The highest BCUT2D eigenvalue weighted by atomic mass is 15.5. The highest BCUT2D eigenvalue weighted by Gasteiger charge is 2.42. The zero-order chi connectivity index (χ0) is 33.6. The summed E-state index contributed by atoms with van der Waals surface area (Å²) in [6.07, 6.45) is 20.0. The molecule has 7 heteroatoms. The molecule has 0 bridgehead atoms. The molecule has 2 saturated heterocycles. The molecule has 0 amide bonds. The summed E-state index contributed by atoms with van der Waals surface area (Å²) < 4.78 is 0. The van der Waals surface area contributed by atoms with E-state index in [0.717, 1.165) is 62.9 Å². The predicted octanol–water partition coefficient (Wildman–Crippen LogP) is 7.70. The van der Waals surface area contributed by atoms with Crippen LogP contribution < -0.4 is 5.73 Å². The van der Waals surface area contributed by atoms with Crippen LogP contribution in [0.2, 0.25) is 0 Å². The molecule has 5 aliphatic rings. The number of likely N-dealkylation sites (tertiary alicyclic amines) is 1. The van der Waals surface area contributed by atoms with E-state index in [-0.39, 0.29) is 0 Å². The van der Waals surface area contributed by atoms with Crippen molar-refractivity contribution in [3.8, 4) is 0 Å². The molecule has 1 aromatic carbocycles. The first-order chi connectivity index (χ1) is 23.2. The van der Waals surface area contributed by atoms with Crippen molar-refractivity contribution in [1.29, 1.82) is 5.41 Å². The third-order valence-electron chi connectivity index (χ3n) is 12.9. The first kappa shape index (κ1) is 35.5. The lowest BCUT2D eigenvalue weighted by atomic mass is 9.83. The fourth-order valence-corrected chi connectivity index (χ4v) is 10.0. The largest absolute Gasteiger partial charge is 0.370 e. The Bertz CT molecular complexity index is 1180. The maximum Gasteiger partial charge on any atom is 0.194 e. The van der Waals surface area contributed by atoms with E-state index >= 15 is 0 Å². The maximum absolute atomic E-state index is 9.88. The number of hydrogen-bond donors (Lipinski definition) is 2. The topological polar surface area (TPSA) is 75.2 Å². The van der Waals surface area contributed by atoms with E-state index in [1.165, 1.54) is 108 Å². The molecule has 268 valence electrons. The summed E-state index contributed by atoms with van der Waals surface area (Å²) in [4.78, 5) is 14.9. The minimum atomic E-state index is 0.403. The first-order valence-electron chi connectivity index (χ1n) is 20.3. The highest BCUT2D eigenvalue weighted by Crippen LogP contribution is 2.36. The Morgan fingerprint density at radius 3 is 2.17 bits per heavy atom. The Hall–Kier alpha value is -2.28. The Morgan fingerprint density at radius 2 is 1.52 bits per heavy atom. The maximum atomic E-state index is 9.88. The third kappa shape index (κ3) is 8.89. The molecule has 3 aliphatic heterocycles. The molecule has 1 aromatic rings. The summed E-state index contributed by atoms with van der Waals surface area (Å²) >= 11 is 0. The van der Waals surface area contributed by atoms with Crippen molar-refractivity contribution in [2.24, 2.45) is 28.5 Å². The number of aliphatic imine (C=N–C) groups is 1. The van der Waals surface area contributed by atoms with Crippen LogP contribution in [0.4, 0.5) is 0 Å². The molecule has 0 aromatic heterocycles. The average Bonchev–Trinajstić information content (AvgIpc) is 3.75. The molecule has 2 saturated carbocycles. The zero-order valence-electron chi connectivity index (χ0n) is 31.1. The second-order valence-corrected chi connectivity index (χ2v) is 17.1. The Kier molecular flexibility index (Phi) is 12.3. The van der Waals surface area contributed by atoms with Crippen LogP contribution in [-0.4, -0.2) is 95.0 Å². The van der Waals surface area contributed by atoms with Gasteiger partial charge < -0.3 is 20.4 Å². The van der Waals surface area contributed by atoms with E-state index in [4.69, 9.17) is 5.73 Å². The minimum absolute atomic E-state index is 0.403. The number of benzene rings is 1. The van der Waals surface area contributed by atoms with Crippen LogP contribution >= 0.6 is 0 Å². The van der Waals surface area contributed by atoms with Crippen molar-refractivity contribution in [3.05, 3.63) is 35.4 Å². The average molecular weight is 660 g/mol. The summed E-state index contributed by atoms with van der Waals surface area (Å²) in [6.45, 7) is 15.3. The lowest BCUT2D eigenvalue weighted by molar-refractivity contribution is 0.138. The van der Waals surface area contributed by atoms with Crippen LogP contribution in [0.3, 0.4) is 0 Å². The molecule has 6 rings (SSSR count). The lowest BCUT2D eigenvalue weighted by Gasteiger charge is -2.39. The van der Waals surface area contributed by atoms with Crippen LogP contribution in [0.5, 0.6) is 0 Å². The van der Waals surface area contributed by atoms with Crippen molar-refractivity contribution < 1.29 is 0 Å². The Morgan fingerprint density at radius 1 is 0.833 bits per heavy atom. The number of nitrogens with two attached hydrogens (primary N) is 1. The van der Waals surface area contributed by atoms with Crippen LogP contribution in [-0.2, 0) is 6.42 Å². The van der Waals surface area contributed by atoms with Gasteiger partial charge in [0, 0.05) is 50.3 Å². The molecule has 2 unspecified atom stereocenters. The summed E-state index contributed by atoms with van der Waals surface area (Å²) in [7, 11) is 0. The van der Waals surface area contributed by atoms with Crippen LogP contribution in [0, 0.1) is 23.2 Å². The van der Waals surface area contributed by atoms with E-state index in [1.54, 1.807) is 0 Å². The van der Waals surface area contributed by atoms with Crippen molar-refractivity contribution in [2.45, 2.75) is 154 Å². The Labute approximate surface area is 293 Å². The monoisotopic (exact) mass is 660 g/mol. The van der Waals surface area contributed by atoms with E-state index < -0.39 is 0 Å². The zero-order valence-corrected chi connectivity index (χ0v) is 31.1. The van der Waals surface area contributed by atoms with Gasteiger partial charge in [-0.15, -0.1) is 0 Å². The fourth-order valence-electron chi connectivity index (χ4n) is 10.0. The summed E-state index contributed by atoms with van der Waals surface area (Å²) in [5.74, 6) is 4.26. The smallest absolute Gasteiger partial charge is 0.194 e. The normalized spacial score (nSPS) is 27.8. The molecule has 0 spiro atoms. The molecular formula is C41H69N7. The first-order valence-corrected chi connectivity index (χ1v) is 20.3. The minimum Gasteiger partial charge on any atom is -0.370 e. The quantitative estimate of drug-likeness (QED) is 0.214. The van der Waals surface area contributed by atoms with Crippen LogP contribution in [0.1, 0.15) is 135 Å². The standard InChI is InChI=1S/C41H69N7/c1-30(2)22-35-17-19-36(20-18-35)31(3)26-47-39(24-34-14-9-6-10-15-34)29-48(41(47)43)38(23-33-12-7-5-8-13-33)27-45-21-11-16-37(45)28-46-32(4)25-44-40(46)42/h17-20,30-34,37-39,43H,5-16,21-29H2,1-4H3,(H2,42,44)/t31?,32-,37?,38-,39+/m0/s1. The van der Waals surface area contributed by atoms with Crippen molar-refractivity contribution >= 4 is 11.9 Å². The van der Waals surface area contributed by atoms with E-state index in [9.17, 15) is 5.41 Å².